The summed E-state index contributed by atoms with van der Waals surface area (Å²) in [5.41, 5.74) is 0. The summed E-state index contributed by atoms with van der Waals surface area (Å²) >= 11 is -1.06. The van der Waals surface area contributed by atoms with Crippen LogP contribution in [0.1, 0.15) is 13.8 Å². The van der Waals surface area contributed by atoms with Gasteiger partial charge in [0, 0.05) is 0 Å². The molecule has 13 heavy (non-hydrogen) atoms. The molecule has 1 aromatic carbocycles. The van der Waals surface area contributed by atoms with Gasteiger partial charge < -0.3 is 3.79 Å². The number of halogens is 1. The molecular weight excluding hydrogens is 182 g/mol. The van der Waals surface area contributed by atoms with Gasteiger partial charge in [0.15, 0.2) is 0 Å². The van der Waals surface area contributed by atoms with Crippen molar-refractivity contribution in [3.63, 3.8) is 0 Å². The maximum Gasteiger partial charge on any atom is 0.546 e. The van der Waals surface area contributed by atoms with Crippen LogP contribution in [0.15, 0.2) is 24.3 Å². The highest BCUT2D eigenvalue weighted by Crippen LogP contribution is 2.14. The lowest BCUT2D eigenvalue weighted by Crippen LogP contribution is -2.18. The van der Waals surface area contributed by atoms with E-state index in [0.29, 0.717) is 0 Å². The number of hydrogen-bond donors (Lipinski definition) is 0. The largest absolute Gasteiger partial charge is 0.643 e. The predicted octanol–water partition coefficient (Wildman–Crippen LogP) is 3.24. The van der Waals surface area contributed by atoms with Crippen LogP contribution in [-0.2, 0) is 0 Å². The van der Waals surface area contributed by atoms with Crippen molar-refractivity contribution in [1.82, 2.24) is 0 Å². The number of rotatable bonds is 4. The second-order valence-corrected chi connectivity index (χ2v) is 6.12. The molecule has 1 nitrogen and oxygen atoms in total. The van der Waals surface area contributed by atoms with Crippen LogP contribution in [0.4, 0.5) is 4.39 Å². The fourth-order valence-electron chi connectivity index (χ4n) is 1.16. The average molecular weight is 196 g/mol. The highest BCUT2D eigenvalue weighted by Gasteiger charge is 2.17. The molecule has 0 aliphatic rings. The Morgan fingerprint density at radius 3 is 2.15 bits per heavy atom. The minimum atomic E-state index is -1.06. The monoisotopic (exact) mass is 196 g/mol. The Labute approximate surface area is 83.3 Å². The molecule has 70 valence electrons. The summed E-state index contributed by atoms with van der Waals surface area (Å²) in [6.45, 7) is 4.29. The Bertz CT molecular complexity index is 244. The van der Waals surface area contributed by atoms with E-state index < -0.39 is 14.5 Å². The summed E-state index contributed by atoms with van der Waals surface area (Å²) < 4.78 is 18.3. The lowest BCUT2D eigenvalue weighted by atomic mass is 10.3. The van der Waals surface area contributed by atoms with E-state index >= 15 is 0 Å². The van der Waals surface area contributed by atoms with Crippen molar-refractivity contribution in [3.05, 3.63) is 30.1 Å². The van der Waals surface area contributed by atoms with Gasteiger partial charge in [0.2, 0.25) is 0 Å². The van der Waals surface area contributed by atoms with E-state index in [9.17, 15) is 4.39 Å². The van der Waals surface area contributed by atoms with Crippen LogP contribution in [0.5, 0.6) is 5.75 Å². The standard InChI is InChI=1S/C6H5FO.2C2H5.Al/c7-5-1-3-6(8)4-2-5;2*1-2;/h1-4,8H;2*1H2,2H3;/q;;;+1/p-1. The molecule has 0 bridgehead atoms. The van der Waals surface area contributed by atoms with Gasteiger partial charge in [-0.1, -0.05) is 24.4 Å². The Balaban J connectivity index is 2.58. The molecule has 0 heterocycles. The molecule has 0 amide bonds. The van der Waals surface area contributed by atoms with Gasteiger partial charge in [-0.25, -0.2) is 4.39 Å². The smallest absolute Gasteiger partial charge is 0.546 e. The third-order valence-electron chi connectivity index (χ3n) is 2.03. The normalized spacial score (nSPS) is 9.77. The third-order valence-corrected chi connectivity index (χ3v) is 4.45. The second-order valence-electron chi connectivity index (χ2n) is 3.01. The van der Waals surface area contributed by atoms with Gasteiger partial charge in [-0.05, 0) is 24.3 Å². The van der Waals surface area contributed by atoms with Crippen molar-refractivity contribution in [1.29, 1.82) is 0 Å². The van der Waals surface area contributed by atoms with Crippen LogP contribution in [0, 0.1) is 5.82 Å². The van der Waals surface area contributed by atoms with Gasteiger partial charge in [-0.15, -0.1) is 0 Å². The third kappa shape index (κ3) is 3.38. The van der Waals surface area contributed by atoms with Gasteiger partial charge in [0.25, 0.3) is 0 Å². The molecule has 0 aliphatic heterocycles. The first-order chi connectivity index (χ1) is 6.26. The van der Waals surface area contributed by atoms with E-state index in [-0.39, 0.29) is 5.82 Å². The van der Waals surface area contributed by atoms with E-state index in [1.165, 1.54) is 12.1 Å². The molecule has 1 aromatic rings. The molecule has 0 unspecified atom stereocenters. The average Bonchev–Trinajstić information content (AvgIpc) is 2.17. The molecule has 0 saturated heterocycles. The fourth-order valence-corrected chi connectivity index (χ4v) is 2.61. The van der Waals surface area contributed by atoms with E-state index in [0.717, 1.165) is 16.3 Å². The second kappa shape index (κ2) is 5.26. The summed E-state index contributed by atoms with van der Waals surface area (Å²) in [6.07, 6.45) is 0. The molecule has 0 atom stereocenters. The first kappa shape index (κ1) is 10.6. The zero-order valence-electron chi connectivity index (χ0n) is 8.09. The zero-order chi connectivity index (χ0) is 9.68. The van der Waals surface area contributed by atoms with Crippen LogP contribution < -0.4 is 3.79 Å². The van der Waals surface area contributed by atoms with Gasteiger partial charge in [-0.3, -0.25) is 0 Å². The molecule has 0 aromatic heterocycles. The van der Waals surface area contributed by atoms with Crippen molar-refractivity contribution in [2.75, 3.05) is 0 Å². The minimum absolute atomic E-state index is 0.210. The van der Waals surface area contributed by atoms with Crippen LogP contribution in [0.2, 0.25) is 10.6 Å². The molecule has 0 fully saturated rings. The minimum Gasteiger partial charge on any atom is -0.643 e. The maximum absolute atomic E-state index is 12.5. The molecule has 0 saturated carbocycles. The topological polar surface area (TPSA) is 9.23 Å². The molecule has 3 heteroatoms. The SMILES string of the molecule is C[CH2][Al]([CH2]C)[O]c1ccc(F)cc1. The van der Waals surface area contributed by atoms with Crippen molar-refractivity contribution in [3.8, 4) is 5.75 Å². The van der Waals surface area contributed by atoms with E-state index in [1.54, 1.807) is 12.1 Å². The molecule has 0 N–H and O–H groups in total. The Hall–Kier alpha value is -0.518. The zero-order valence-corrected chi connectivity index (χ0v) is 9.24. The summed E-state index contributed by atoms with van der Waals surface area (Å²) in [5, 5.41) is 2.24. The van der Waals surface area contributed by atoms with Crippen molar-refractivity contribution >= 4 is 14.5 Å². The highest BCUT2D eigenvalue weighted by molar-refractivity contribution is 6.52. The maximum atomic E-state index is 12.5. The number of hydrogen-bond acceptors (Lipinski definition) is 1. The fraction of sp³-hybridized carbons (Fsp3) is 0.400. The van der Waals surface area contributed by atoms with Gasteiger partial charge >= 0.3 is 14.5 Å². The Morgan fingerprint density at radius 2 is 1.69 bits per heavy atom. The van der Waals surface area contributed by atoms with Gasteiger partial charge in [0.1, 0.15) is 5.82 Å². The molecule has 0 radical (unpaired) electrons. The van der Waals surface area contributed by atoms with Crippen molar-refractivity contribution in [2.45, 2.75) is 24.4 Å². The summed E-state index contributed by atoms with van der Waals surface area (Å²) in [4.78, 5) is 0. The van der Waals surface area contributed by atoms with Crippen molar-refractivity contribution < 1.29 is 8.18 Å². The molecule has 0 spiro atoms. The molecule has 1 rings (SSSR count). The molecular formula is C10H14AlFO. The van der Waals surface area contributed by atoms with Crippen LogP contribution in [-0.4, -0.2) is 14.5 Å². The highest BCUT2D eigenvalue weighted by atomic mass is 27.2. The van der Waals surface area contributed by atoms with Crippen LogP contribution in [0.25, 0.3) is 0 Å². The van der Waals surface area contributed by atoms with E-state index in [2.05, 4.69) is 13.8 Å². The lowest BCUT2D eigenvalue weighted by Gasteiger charge is -2.11. The molecule has 0 aliphatic carbocycles. The Kier molecular flexibility index (Phi) is 4.28. The summed E-state index contributed by atoms with van der Waals surface area (Å²) in [5.74, 6) is 0.598. The Morgan fingerprint density at radius 1 is 1.15 bits per heavy atom. The summed E-state index contributed by atoms with van der Waals surface area (Å²) in [6, 6.07) is 6.26. The van der Waals surface area contributed by atoms with Crippen LogP contribution in [0.3, 0.4) is 0 Å². The van der Waals surface area contributed by atoms with Crippen molar-refractivity contribution in [2.24, 2.45) is 0 Å². The quantitative estimate of drug-likeness (QED) is 0.672. The summed E-state index contributed by atoms with van der Waals surface area (Å²) in [7, 11) is 0. The predicted molar refractivity (Wildman–Crippen MR) is 53.7 cm³/mol. The van der Waals surface area contributed by atoms with Crippen LogP contribution >= 0.6 is 0 Å². The van der Waals surface area contributed by atoms with E-state index in [4.69, 9.17) is 3.79 Å². The van der Waals surface area contributed by atoms with Gasteiger partial charge in [0.05, 0.1) is 5.75 Å². The first-order valence-electron chi connectivity index (χ1n) is 4.68. The lowest BCUT2D eigenvalue weighted by molar-refractivity contribution is 0.560. The van der Waals surface area contributed by atoms with E-state index in [1.807, 2.05) is 0 Å². The van der Waals surface area contributed by atoms with Gasteiger partial charge in [-0.2, -0.15) is 0 Å². The first-order valence-corrected chi connectivity index (χ1v) is 6.79. The number of benzene rings is 1.